The van der Waals surface area contributed by atoms with Gasteiger partial charge in [0.25, 0.3) is 5.91 Å². The SMILES string of the molecule is C=C(/C=C(\C(N)=C/N)N1CCC(n2c(=O)[nH]c3ncccc32)CC1)C(=O)N1Cc2cn[nH]c2C(C)(C)C1. The molecule has 0 radical (unpaired) electrons. The minimum atomic E-state index is -0.249. The number of likely N-dealkylation sites (tertiary alicyclic amines) is 1. The first-order chi connectivity index (χ1) is 17.7. The normalized spacial score (nSPS) is 18.8. The number of pyridine rings is 1. The summed E-state index contributed by atoms with van der Waals surface area (Å²) in [7, 11) is 0. The van der Waals surface area contributed by atoms with Gasteiger partial charge in [-0.15, -0.1) is 0 Å². The van der Waals surface area contributed by atoms with Crippen LogP contribution in [0.3, 0.4) is 0 Å². The quantitative estimate of drug-likeness (QED) is 0.304. The standard InChI is InChI=1S/C26H33N9O2/c1-16(24(36)34-14-17-13-30-32-22(17)26(2,3)15-34)11-21(19(28)12-27)33-9-6-18(7-10-33)35-20-5-4-8-29-23(20)31-25(35)37/h4-5,8,11-13,18H,1,6-7,9-10,14-15,27-28H2,2-3H3,(H,30,32)(H,29,31,37)/b19-12+,21-11+. The highest BCUT2D eigenvalue weighted by molar-refractivity contribution is 5.96. The average molecular weight is 504 g/mol. The number of nitrogens with one attached hydrogen (secondary N) is 2. The molecule has 0 aromatic carbocycles. The molecule has 0 unspecified atom stereocenters. The maximum absolute atomic E-state index is 13.4. The number of H-pyrrole nitrogens is 2. The number of aromatic amines is 2. The zero-order valence-corrected chi connectivity index (χ0v) is 21.2. The predicted octanol–water partition coefficient (Wildman–Crippen LogP) is 1.60. The number of carbonyl (C=O) groups is 1. The molecule has 37 heavy (non-hydrogen) atoms. The molecule has 1 fully saturated rings. The Kier molecular flexibility index (Phi) is 6.14. The lowest BCUT2D eigenvalue weighted by atomic mass is 9.83. The highest BCUT2D eigenvalue weighted by Gasteiger charge is 2.36. The van der Waals surface area contributed by atoms with Crippen LogP contribution in [0.15, 0.2) is 65.1 Å². The van der Waals surface area contributed by atoms with Crippen LogP contribution in [-0.4, -0.2) is 60.1 Å². The first-order valence-electron chi connectivity index (χ1n) is 12.4. The van der Waals surface area contributed by atoms with Crippen molar-refractivity contribution in [3.8, 4) is 0 Å². The molecule has 3 aromatic rings. The monoisotopic (exact) mass is 503 g/mol. The molecular weight excluding hydrogens is 470 g/mol. The third-order valence-corrected chi connectivity index (χ3v) is 7.35. The number of rotatable bonds is 5. The Morgan fingerprint density at radius 3 is 2.76 bits per heavy atom. The highest BCUT2D eigenvalue weighted by Crippen LogP contribution is 2.33. The first kappa shape index (κ1) is 24.4. The summed E-state index contributed by atoms with van der Waals surface area (Å²) >= 11 is 0. The van der Waals surface area contributed by atoms with Gasteiger partial charge in [-0.1, -0.05) is 20.4 Å². The summed E-state index contributed by atoms with van der Waals surface area (Å²) in [5.41, 5.74) is 16.5. The molecule has 1 amide bonds. The summed E-state index contributed by atoms with van der Waals surface area (Å²) in [6, 6.07) is 3.75. The lowest BCUT2D eigenvalue weighted by Crippen LogP contribution is -2.45. The number of imidazole rings is 1. The van der Waals surface area contributed by atoms with Gasteiger partial charge in [0.2, 0.25) is 0 Å². The van der Waals surface area contributed by atoms with E-state index in [9.17, 15) is 9.59 Å². The van der Waals surface area contributed by atoms with Gasteiger partial charge in [-0.3, -0.25) is 19.4 Å². The van der Waals surface area contributed by atoms with Crippen LogP contribution in [0, 0.1) is 0 Å². The van der Waals surface area contributed by atoms with E-state index in [1.807, 2.05) is 12.1 Å². The second-order valence-electron chi connectivity index (χ2n) is 10.4. The number of aromatic nitrogens is 5. The van der Waals surface area contributed by atoms with Crippen molar-refractivity contribution >= 4 is 17.1 Å². The van der Waals surface area contributed by atoms with Crippen molar-refractivity contribution in [1.82, 2.24) is 34.5 Å². The summed E-state index contributed by atoms with van der Waals surface area (Å²) in [4.78, 5) is 37.0. The minimum Gasteiger partial charge on any atom is -0.403 e. The zero-order valence-electron chi connectivity index (χ0n) is 21.2. The summed E-state index contributed by atoms with van der Waals surface area (Å²) in [5, 5.41) is 7.23. The molecule has 2 aliphatic heterocycles. The maximum atomic E-state index is 13.4. The summed E-state index contributed by atoms with van der Waals surface area (Å²) in [6.07, 6.45) is 7.95. The van der Waals surface area contributed by atoms with Crippen LogP contribution in [0.5, 0.6) is 0 Å². The molecule has 0 atom stereocenters. The number of hydrogen-bond donors (Lipinski definition) is 4. The summed E-state index contributed by atoms with van der Waals surface area (Å²) < 4.78 is 1.79. The van der Waals surface area contributed by atoms with E-state index < -0.39 is 0 Å². The molecule has 194 valence electrons. The van der Waals surface area contributed by atoms with E-state index in [-0.39, 0.29) is 23.1 Å². The Morgan fingerprint density at radius 1 is 1.27 bits per heavy atom. The molecule has 0 aliphatic carbocycles. The van der Waals surface area contributed by atoms with Crippen LogP contribution in [0.1, 0.15) is 44.0 Å². The lowest BCUT2D eigenvalue weighted by Gasteiger charge is -2.38. The molecule has 3 aromatic heterocycles. The van der Waals surface area contributed by atoms with Crippen molar-refractivity contribution in [2.24, 2.45) is 11.5 Å². The Balaban J connectivity index is 1.33. The van der Waals surface area contributed by atoms with Crippen LogP contribution >= 0.6 is 0 Å². The Labute approximate surface area is 214 Å². The molecule has 5 rings (SSSR count). The fourth-order valence-corrected chi connectivity index (χ4v) is 5.54. The summed E-state index contributed by atoms with van der Waals surface area (Å²) in [5.74, 6) is -0.157. The van der Waals surface area contributed by atoms with E-state index >= 15 is 0 Å². The predicted molar refractivity (Wildman–Crippen MR) is 141 cm³/mol. The van der Waals surface area contributed by atoms with Crippen LogP contribution in [0.4, 0.5) is 0 Å². The van der Waals surface area contributed by atoms with Gasteiger partial charge in [0.15, 0.2) is 5.65 Å². The van der Waals surface area contributed by atoms with Gasteiger partial charge in [0.1, 0.15) is 0 Å². The van der Waals surface area contributed by atoms with E-state index in [2.05, 4.69) is 45.5 Å². The molecule has 1 saturated heterocycles. The molecule has 0 saturated carbocycles. The first-order valence-corrected chi connectivity index (χ1v) is 12.4. The molecule has 6 N–H and O–H groups in total. The van der Waals surface area contributed by atoms with E-state index in [1.165, 1.54) is 6.20 Å². The average Bonchev–Trinajstić information content (AvgIpc) is 3.50. The number of hydrogen-bond acceptors (Lipinski definition) is 7. The van der Waals surface area contributed by atoms with Crippen LogP contribution in [0.25, 0.3) is 11.2 Å². The van der Waals surface area contributed by atoms with Gasteiger partial charge < -0.3 is 21.3 Å². The van der Waals surface area contributed by atoms with E-state index in [1.54, 1.807) is 27.9 Å². The van der Waals surface area contributed by atoms with Crippen LogP contribution in [-0.2, 0) is 16.8 Å². The van der Waals surface area contributed by atoms with Gasteiger partial charge in [0.05, 0.1) is 23.1 Å². The number of amides is 1. The number of fused-ring (bicyclic) bond motifs is 2. The molecule has 11 heteroatoms. The number of piperidine rings is 1. The molecular formula is C26H33N9O2. The van der Waals surface area contributed by atoms with E-state index in [0.29, 0.717) is 48.8 Å². The number of nitrogens with two attached hydrogens (primary N) is 2. The van der Waals surface area contributed by atoms with Crippen molar-refractivity contribution < 1.29 is 4.79 Å². The molecule has 5 heterocycles. The van der Waals surface area contributed by atoms with Gasteiger partial charge >= 0.3 is 5.69 Å². The maximum Gasteiger partial charge on any atom is 0.327 e. The topological polar surface area (TPSA) is 155 Å². The van der Waals surface area contributed by atoms with Gasteiger partial charge in [-0.05, 0) is 31.1 Å². The van der Waals surface area contributed by atoms with Crippen molar-refractivity contribution in [2.45, 2.75) is 44.7 Å². The number of nitrogens with zero attached hydrogens (tertiary/aromatic N) is 5. The van der Waals surface area contributed by atoms with Crippen molar-refractivity contribution in [2.75, 3.05) is 19.6 Å². The van der Waals surface area contributed by atoms with Gasteiger partial charge in [0, 0.05) is 66.9 Å². The number of carbonyl (C=O) groups excluding carboxylic acids is 1. The largest absolute Gasteiger partial charge is 0.403 e. The van der Waals surface area contributed by atoms with Crippen molar-refractivity contribution in [3.63, 3.8) is 0 Å². The fourth-order valence-electron chi connectivity index (χ4n) is 5.54. The van der Waals surface area contributed by atoms with E-state index in [4.69, 9.17) is 11.5 Å². The third-order valence-electron chi connectivity index (χ3n) is 7.35. The Morgan fingerprint density at radius 2 is 2.03 bits per heavy atom. The van der Waals surface area contributed by atoms with Gasteiger partial charge in [-0.25, -0.2) is 9.78 Å². The molecule has 11 nitrogen and oxygen atoms in total. The molecule has 0 spiro atoms. The van der Waals surface area contributed by atoms with Crippen LogP contribution < -0.4 is 17.2 Å². The molecule has 0 bridgehead atoms. The highest BCUT2D eigenvalue weighted by atomic mass is 16.2. The Bertz CT molecular complexity index is 1460. The van der Waals surface area contributed by atoms with Crippen molar-refractivity contribution in [1.29, 1.82) is 0 Å². The second-order valence-corrected chi connectivity index (χ2v) is 10.4. The Hall–Kier alpha value is -4.28. The summed E-state index contributed by atoms with van der Waals surface area (Å²) in [6.45, 7) is 10.5. The second kappa shape index (κ2) is 9.30. The fraction of sp³-hybridized carbons (Fsp3) is 0.385. The van der Waals surface area contributed by atoms with Crippen LogP contribution in [0.2, 0.25) is 0 Å². The smallest absolute Gasteiger partial charge is 0.327 e. The zero-order chi connectivity index (χ0) is 26.3. The van der Waals surface area contributed by atoms with E-state index in [0.717, 1.165) is 29.6 Å². The molecule has 2 aliphatic rings. The minimum absolute atomic E-state index is 0.0237. The third kappa shape index (κ3) is 4.41. The van der Waals surface area contributed by atoms with Crippen molar-refractivity contribution in [3.05, 3.63) is 82.1 Å². The van der Waals surface area contributed by atoms with Gasteiger partial charge in [-0.2, -0.15) is 5.10 Å². The lowest BCUT2D eigenvalue weighted by molar-refractivity contribution is -0.128.